The van der Waals surface area contributed by atoms with E-state index >= 15 is 0 Å². The molecule has 0 saturated carbocycles. The molecule has 0 spiro atoms. The molecule has 0 amide bonds. The first-order chi connectivity index (χ1) is 5.20. The highest BCUT2D eigenvalue weighted by molar-refractivity contribution is 4.46. The summed E-state index contributed by atoms with van der Waals surface area (Å²) in [6.45, 7) is 6.88. The molecule has 0 heterocycles. The van der Waals surface area contributed by atoms with E-state index in [-0.39, 0.29) is 6.10 Å². The lowest BCUT2D eigenvalue weighted by molar-refractivity contribution is -0.127. The van der Waals surface area contributed by atoms with Gasteiger partial charge in [0.05, 0.1) is 12.7 Å². The fraction of sp³-hybridized carbons (Fsp3) is 1.00. The molecular formula is C8H18O3. The Morgan fingerprint density at radius 1 is 1.27 bits per heavy atom. The predicted octanol–water partition coefficient (Wildman–Crippen LogP) is 1.16. The van der Waals surface area contributed by atoms with Gasteiger partial charge in [0.2, 0.25) is 0 Å². The SMILES string of the molecule is CCOC(C)COC(O)CC. The van der Waals surface area contributed by atoms with Crippen LogP contribution >= 0.6 is 0 Å². The number of aliphatic hydroxyl groups excluding tert-OH is 1. The number of hydrogen-bond acceptors (Lipinski definition) is 3. The standard InChI is InChI=1S/C8H18O3/c1-4-8(9)11-6-7(3)10-5-2/h7-9H,4-6H2,1-3H3. The first kappa shape index (κ1) is 10.9. The predicted molar refractivity (Wildman–Crippen MR) is 43.3 cm³/mol. The molecular weight excluding hydrogens is 144 g/mol. The largest absolute Gasteiger partial charge is 0.376 e. The number of rotatable bonds is 6. The molecule has 0 aliphatic rings. The molecule has 0 bridgehead atoms. The third-order valence-corrected chi connectivity index (χ3v) is 1.32. The van der Waals surface area contributed by atoms with E-state index in [9.17, 15) is 0 Å². The highest BCUT2D eigenvalue weighted by Crippen LogP contribution is 1.97. The smallest absolute Gasteiger partial charge is 0.154 e. The molecule has 1 N–H and O–H groups in total. The molecule has 3 heteroatoms. The van der Waals surface area contributed by atoms with Crippen LogP contribution in [0.25, 0.3) is 0 Å². The monoisotopic (exact) mass is 162 g/mol. The number of ether oxygens (including phenoxy) is 2. The normalized spacial score (nSPS) is 16.4. The quantitative estimate of drug-likeness (QED) is 0.595. The maximum atomic E-state index is 9.00. The van der Waals surface area contributed by atoms with E-state index in [4.69, 9.17) is 14.6 Å². The molecule has 0 aromatic heterocycles. The molecule has 3 nitrogen and oxygen atoms in total. The molecule has 0 fully saturated rings. The van der Waals surface area contributed by atoms with Crippen LogP contribution in [0, 0.1) is 0 Å². The Morgan fingerprint density at radius 2 is 1.91 bits per heavy atom. The van der Waals surface area contributed by atoms with Gasteiger partial charge in [-0.1, -0.05) is 6.92 Å². The zero-order valence-electron chi connectivity index (χ0n) is 7.54. The van der Waals surface area contributed by atoms with Crippen LogP contribution in [0.5, 0.6) is 0 Å². The summed E-state index contributed by atoms with van der Waals surface area (Å²) in [6, 6.07) is 0. The van der Waals surface area contributed by atoms with Gasteiger partial charge >= 0.3 is 0 Å². The molecule has 0 aliphatic heterocycles. The minimum Gasteiger partial charge on any atom is -0.376 e. The second-order valence-electron chi connectivity index (χ2n) is 2.46. The third kappa shape index (κ3) is 6.28. The molecule has 11 heavy (non-hydrogen) atoms. The molecule has 0 rings (SSSR count). The molecule has 0 radical (unpaired) electrons. The zero-order valence-corrected chi connectivity index (χ0v) is 7.54. The second-order valence-corrected chi connectivity index (χ2v) is 2.46. The fourth-order valence-corrected chi connectivity index (χ4v) is 0.697. The van der Waals surface area contributed by atoms with Crippen LogP contribution in [0.4, 0.5) is 0 Å². The van der Waals surface area contributed by atoms with Crippen LogP contribution in [0.3, 0.4) is 0 Å². The van der Waals surface area contributed by atoms with Crippen LogP contribution in [-0.4, -0.2) is 30.7 Å². The average Bonchev–Trinajstić information content (AvgIpc) is 2.01. The van der Waals surface area contributed by atoms with Gasteiger partial charge in [0.1, 0.15) is 0 Å². The lowest BCUT2D eigenvalue weighted by Gasteiger charge is -2.14. The van der Waals surface area contributed by atoms with Crippen LogP contribution in [0.15, 0.2) is 0 Å². The van der Waals surface area contributed by atoms with Crippen molar-refractivity contribution in [1.29, 1.82) is 0 Å². The molecule has 2 unspecified atom stereocenters. The van der Waals surface area contributed by atoms with E-state index < -0.39 is 6.29 Å². The Balaban J connectivity index is 3.22. The summed E-state index contributed by atoms with van der Waals surface area (Å²) < 4.78 is 10.2. The maximum Gasteiger partial charge on any atom is 0.154 e. The van der Waals surface area contributed by atoms with Crippen molar-refractivity contribution in [1.82, 2.24) is 0 Å². The van der Waals surface area contributed by atoms with E-state index in [2.05, 4.69) is 0 Å². The lowest BCUT2D eigenvalue weighted by atomic mass is 10.4. The average molecular weight is 162 g/mol. The summed E-state index contributed by atoms with van der Waals surface area (Å²) in [7, 11) is 0. The van der Waals surface area contributed by atoms with Crippen molar-refractivity contribution in [3.63, 3.8) is 0 Å². The highest BCUT2D eigenvalue weighted by atomic mass is 16.6. The highest BCUT2D eigenvalue weighted by Gasteiger charge is 2.04. The Hall–Kier alpha value is -0.120. The van der Waals surface area contributed by atoms with Crippen molar-refractivity contribution in [2.75, 3.05) is 13.2 Å². The van der Waals surface area contributed by atoms with E-state index in [1.807, 2.05) is 20.8 Å². The molecule has 0 aromatic rings. The minimum absolute atomic E-state index is 0.0706. The van der Waals surface area contributed by atoms with Crippen molar-refractivity contribution in [2.24, 2.45) is 0 Å². The molecule has 0 aromatic carbocycles. The molecule has 0 aliphatic carbocycles. The summed E-state index contributed by atoms with van der Waals surface area (Å²) in [5.41, 5.74) is 0. The minimum atomic E-state index is -0.641. The number of aliphatic hydroxyl groups is 1. The Morgan fingerprint density at radius 3 is 2.36 bits per heavy atom. The van der Waals surface area contributed by atoms with E-state index in [0.29, 0.717) is 19.6 Å². The lowest BCUT2D eigenvalue weighted by Crippen LogP contribution is -2.21. The first-order valence-electron chi connectivity index (χ1n) is 4.12. The van der Waals surface area contributed by atoms with Gasteiger partial charge in [0.15, 0.2) is 6.29 Å². The van der Waals surface area contributed by atoms with Crippen molar-refractivity contribution in [2.45, 2.75) is 39.6 Å². The molecule has 0 saturated heterocycles. The van der Waals surface area contributed by atoms with Crippen molar-refractivity contribution >= 4 is 0 Å². The van der Waals surface area contributed by atoms with Gasteiger partial charge in [-0.15, -0.1) is 0 Å². The van der Waals surface area contributed by atoms with E-state index in [1.54, 1.807) is 0 Å². The van der Waals surface area contributed by atoms with Crippen LogP contribution in [0.2, 0.25) is 0 Å². The summed E-state index contributed by atoms with van der Waals surface area (Å²) in [5, 5.41) is 9.00. The van der Waals surface area contributed by atoms with Crippen LogP contribution in [-0.2, 0) is 9.47 Å². The van der Waals surface area contributed by atoms with Gasteiger partial charge in [-0.3, -0.25) is 0 Å². The van der Waals surface area contributed by atoms with Gasteiger partial charge in [0.25, 0.3) is 0 Å². The Kier molecular flexibility index (Phi) is 6.51. The van der Waals surface area contributed by atoms with Crippen molar-refractivity contribution in [3.05, 3.63) is 0 Å². The van der Waals surface area contributed by atoms with Crippen molar-refractivity contribution < 1.29 is 14.6 Å². The second kappa shape index (κ2) is 6.58. The molecule has 68 valence electrons. The Bertz CT molecular complexity index is 85.4. The van der Waals surface area contributed by atoms with Gasteiger partial charge in [-0.2, -0.15) is 0 Å². The van der Waals surface area contributed by atoms with Gasteiger partial charge in [-0.25, -0.2) is 0 Å². The van der Waals surface area contributed by atoms with Crippen LogP contribution < -0.4 is 0 Å². The topological polar surface area (TPSA) is 38.7 Å². The van der Waals surface area contributed by atoms with Gasteiger partial charge in [-0.05, 0) is 20.3 Å². The van der Waals surface area contributed by atoms with Crippen LogP contribution in [0.1, 0.15) is 27.2 Å². The fourth-order valence-electron chi connectivity index (χ4n) is 0.697. The molecule has 2 atom stereocenters. The summed E-state index contributed by atoms with van der Waals surface area (Å²) in [5.74, 6) is 0. The van der Waals surface area contributed by atoms with Gasteiger partial charge < -0.3 is 14.6 Å². The van der Waals surface area contributed by atoms with E-state index in [0.717, 1.165) is 0 Å². The van der Waals surface area contributed by atoms with Gasteiger partial charge in [0, 0.05) is 6.61 Å². The summed E-state index contributed by atoms with van der Waals surface area (Å²) in [6.07, 6.45) is 0.0536. The first-order valence-corrected chi connectivity index (χ1v) is 4.12. The van der Waals surface area contributed by atoms with Crippen molar-refractivity contribution in [3.8, 4) is 0 Å². The Labute approximate surface area is 68.3 Å². The number of hydrogen-bond donors (Lipinski definition) is 1. The summed E-state index contributed by atoms with van der Waals surface area (Å²) in [4.78, 5) is 0. The summed E-state index contributed by atoms with van der Waals surface area (Å²) >= 11 is 0. The maximum absolute atomic E-state index is 9.00. The van der Waals surface area contributed by atoms with E-state index in [1.165, 1.54) is 0 Å². The third-order valence-electron chi connectivity index (χ3n) is 1.32. The zero-order chi connectivity index (χ0) is 8.69.